The van der Waals surface area contributed by atoms with E-state index in [0.29, 0.717) is 6.61 Å². The smallest absolute Gasteiger partial charge is 0.246 e. The Bertz CT molecular complexity index is 337. The number of hydrogen-bond donors (Lipinski definition) is 1. The van der Waals surface area contributed by atoms with Crippen molar-refractivity contribution in [3.63, 3.8) is 0 Å². The summed E-state index contributed by atoms with van der Waals surface area (Å²) in [5.41, 5.74) is 0.861. The van der Waals surface area contributed by atoms with E-state index in [1.54, 1.807) is 12.1 Å². The quantitative estimate of drug-likeness (QED) is 0.794. The maximum Gasteiger partial charge on any atom is 0.246 e. The molecule has 1 aliphatic rings. The van der Waals surface area contributed by atoms with Crippen LogP contribution < -0.4 is 5.32 Å². The standard InChI is InChI=1S/C10H10FNO2.C2H6/c11-8-3-1-7(2-4-8)9-5-14-6-10(13)12-9;1-2/h1-4,9H,5-6H2,(H,12,13);1-2H3. The summed E-state index contributed by atoms with van der Waals surface area (Å²) in [4.78, 5) is 11.0. The molecule has 0 saturated carbocycles. The van der Waals surface area contributed by atoms with Gasteiger partial charge in [0.25, 0.3) is 0 Å². The molecule has 1 heterocycles. The molecule has 1 saturated heterocycles. The largest absolute Gasteiger partial charge is 0.369 e. The predicted molar refractivity (Wildman–Crippen MR) is 59.5 cm³/mol. The van der Waals surface area contributed by atoms with Gasteiger partial charge in [-0.2, -0.15) is 0 Å². The number of rotatable bonds is 1. The molecule has 0 spiro atoms. The Morgan fingerprint density at radius 2 is 1.94 bits per heavy atom. The lowest BCUT2D eigenvalue weighted by Gasteiger charge is -2.23. The van der Waals surface area contributed by atoms with Crippen LogP contribution in [0.3, 0.4) is 0 Å². The summed E-state index contributed by atoms with van der Waals surface area (Å²) in [6.07, 6.45) is 0. The molecule has 88 valence electrons. The van der Waals surface area contributed by atoms with Crippen molar-refractivity contribution in [3.8, 4) is 0 Å². The van der Waals surface area contributed by atoms with Crippen LogP contribution in [0.4, 0.5) is 4.39 Å². The van der Waals surface area contributed by atoms with Crippen molar-refractivity contribution < 1.29 is 13.9 Å². The molecule has 1 amide bonds. The van der Waals surface area contributed by atoms with Crippen LogP contribution >= 0.6 is 0 Å². The molecule has 16 heavy (non-hydrogen) atoms. The second kappa shape index (κ2) is 6.23. The van der Waals surface area contributed by atoms with E-state index in [9.17, 15) is 9.18 Å². The first kappa shape index (κ1) is 12.6. The van der Waals surface area contributed by atoms with E-state index in [4.69, 9.17) is 4.74 Å². The third kappa shape index (κ3) is 3.31. The normalized spacial score (nSPS) is 19.4. The number of carbonyl (C=O) groups is 1. The highest BCUT2D eigenvalue weighted by molar-refractivity contribution is 5.78. The summed E-state index contributed by atoms with van der Waals surface area (Å²) in [5.74, 6) is -0.414. The van der Waals surface area contributed by atoms with Gasteiger partial charge in [-0.15, -0.1) is 0 Å². The van der Waals surface area contributed by atoms with Crippen molar-refractivity contribution in [1.82, 2.24) is 5.32 Å². The van der Waals surface area contributed by atoms with Crippen molar-refractivity contribution in [2.24, 2.45) is 0 Å². The van der Waals surface area contributed by atoms with Gasteiger partial charge in [-0.3, -0.25) is 4.79 Å². The summed E-state index contributed by atoms with van der Waals surface area (Å²) < 4.78 is 17.7. The van der Waals surface area contributed by atoms with Crippen molar-refractivity contribution in [2.45, 2.75) is 19.9 Å². The molecule has 1 aromatic rings. The molecule has 1 unspecified atom stereocenters. The Morgan fingerprint density at radius 3 is 2.50 bits per heavy atom. The van der Waals surface area contributed by atoms with E-state index in [1.807, 2.05) is 13.8 Å². The molecule has 1 fully saturated rings. The zero-order chi connectivity index (χ0) is 12.0. The molecule has 1 N–H and O–H groups in total. The first-order valence-electron chi connectivity index (χ1n) is 5.38. The number of nitrogens with one attached hydrogen (secondary N) is 1. The Balaban J connectivity index is 0.000000606. The molecule has 4 heteroatoms. The summed E-state index contributed by atoms with van der Waals surface area (Å²) >= 11 is 0. The molecule has 1 atom stereocenters. The first-order chi connectivity index (χ1) is 7.75. The predicted octanol–water partition coefficient (Wildman–Crippen LogP) is 2.04. The lowest BCUT2D eigenvalue weighted by molar-refractivity contribution is -0.131. The van der Waals surface area contributed by atoms with Gasteiger partial charge in [0.2, 0.25) is 5.91 Å². The SMILES string of the molecule is CC.O=C1COCC(c2ccc(F)cc2)N1. The number of ether oxygens (including phenoxy) is 1. The second-order valence-corrected chi connectivity index (χ2v) is 3.19. The second-order valence-electron chi connectivity index (χ2n) is 3.19. The fourth-order valence-corrected chi connectivity index (χ4v) is 1.42. The molecule has 1 aromatic carbocycles. The van der Waals surface area contributed by atoms with Gasteiger partial charge < -0.3 is 10.1 Å². The van der Waals surface area contributed by atoms with E-state index in [0.717, 1.165) is 5.56 Å². The summed E-state index contributed by atoms with van der Waals surface area (Å²) in [6, 6.07) is 5.88. The lowest BCUT2D eigenvalue weighted by atomic mass is 10.1. The molecule has 0 radical (unpaired) electrons. The Hall–Kier alpha value is -1.42. The van der Waals surface area contributed by atoms with Gasteiger partial charge in [0.15, 0.2) is 0 Å². The number of benzene rings is 1. The number of hydrogen-bond acceptors (Lipinski definition) is 2. The number of morpholine rings is 1. The summed E-state index contributed by atoms with van der Waals surface area (Å²) in [6.45, 7) is 4.55. The van der Waals surface area contributed by atoms with Crippen molar-refractivity contribution in [3.05, 3.63) is 35.6 Å². The molecule has 1 aliphatic heterocycles. The van der Waals surface area contributed by atoms with E-state index in [2.05, 4.69) is 5.32 Å². The van der Waals surface area contributed by atoms with Crippen LogP contribution in [0, 0.1) is 5.82 Å². The van der Waals surface area contributed by atoms with Crippen LogP contribution in [0.2, 0.25) is 0 Å². The highest BCUT2D eigenvalue weighted by Crippen LogP contribution is 2.16. The first-order valence-corrected chi connectivity index (χ1v) is 5.38. The van der Waals surface area contributed by atoms with Gasteiger partial charge in [0.05, 0.1) is 12.6 Å². The summed E-state index contributed by atoms with van der Waals surface area (Å²) in [5, 5.41) is 2.77. The maximum absolute atomic E-state index is 12.6. The van der Waals surface area contributed by atoms with Gasteiger partial charge in [-0.05, 0) is 17.7 Å². The van der Waals surface area contributed by atoms with Crippen molar-refractivity contribution >= 4 is 5.91 Å². The Kier molecular flexibility index (Phi) is 4.92. The molecular formula is C12H16FNO2. The van der Waals surface area contributed by atoms with E-state index in [-0.39, 0.29) is 24.4 Å². The van der Waals surface area contributed by atoms with Crippen LogP contribution in [0.5, 0.6) is 0 Å². The molecule has 0 bridgehead atoms. The summed E-state index contributed by atoms with van der Waals surface area (Å²) in [7, 11) is 0. The minimum Gasteiger partial charge on any atom is -0.369 e. The lowest BCUT2D eigenvalue weighted by Crippen LogP contribution is -2.39. The van der Waals surface area contributed by atoms with Gasteiger partial charge >= 0.3 is 0 Å². The van der Waals surface area contributed by atoms with E-state index < -0.39 is 0 Å². The molecule has 0 aromatic heterocycles. The van der Waals surface area contributed by atoms with Gasteiger partial charge in [-0.1, -0.05) is 26.0 Å². The Morgan fingerprint density at radius 1 is 1.31 bits per heavy atom. The topological polar surface area (TPSA) is 38.3 Å². The average Bonchev–Trinajstić information content (AvgIpc) is 2.32. The minimum absolute atomic E-state index is 0.109. The molecule has 0 aliphatic carbocycles. The Labute approximate surface area is 94.6 Å². The molecule has 3 nitrogen and oxygen atoms in total. The number of carbonyl (C=O) groups excluding carboxylic acids is 1. The average molecular weight is 225 g/mol. The highest BCUT2D eigenvalue weighted by atomic mass is 19.1. The zero-order valence-electron chi connectivity index (χ0n) is 9.50. The number of halogens is 1. The van der Waals surface area contributed by atoms with Crippen LogP contribution in [-0.2, 0) is 9.53 Å². The molecule has 2 rings (SSSR count). The van der Waals surface area contributed by atoms with Crippen molar-refractivity contribution in [2.75, 3.05) is 13.2 Å². The van der Waals surface area contributed by atoms with E-state index in [1.165, 1.54) is 12.1 Å². The zero-order valence-corrected chi connectivity index (χ0v) is 9.50. The van der Waals surface area contributed by atoms with Crippen molar-refractivity contribution in [1.29, 1.82) is 0 Å². The maximum atomic E-state index is 12.6. The highest BCUT2D eigenvalue weighted by Gasteiger charge is 2.19. The van der Waals surface area contributed by atoms with E-state index >= 15 is 0 Å². The van der Waals surface area contributed by atoms with Crippen LogP contribution in [0.1, 0.15) is 25.5 Å². The minimum atomic E-state index is -0.281. The molecular weight excluding hydrogens is 209 g/mol. The monoisotopic (exact) mass is 225 g/mol. The third-order valence-electron chi connectivity index (χ3n) is 2.13. The van der Waals surface area contributed by atoms with Gasteiger partial charge in [0.1, 0.15) is 12.4 Å². The van der Waals surface area contributed by atoms with Gasteiger partial charge in [-0.25, -0.2) is 4.39 Å². The van der Waals surface area contributed by atoms with Crippen LogP contribution in [0.25, 0.3) is 0 Å². The fraction of sp³-hybridized carbons (Fsp3) is 0.417. The van der Waals surface area contributed by atoms with Gasteiger partial charge in [0, 0.05) is 0 Å². The third-order valence-corrected chi connectivity index (χ3v) is 2.13. The van der Waals surface area contributed by atoms with Crippen LogP contribution in [0.15, 0.2) is 24.3 Å². The fourth-order valence-electron chi connectivity index (χ4n) is 1.42. The van der Waals surface area contributed by atoms with Crippen LogP contribution in [-0.4, -0.2) is 19.1 Å². The number of amides is 1.